The van der Waals surface area contributed by atoms with E-state index in [0.29, 0.717) is 5.56 Å². The molecule has 0 bridgehead atoms. The zero-order valence-electron chi connectivity index (χ0n) is 17.7. The largest absolute Gasteiger partial charge is 0.508 e. The normalized spacial score (nSPS) is 34.4. The molecule has 3 aliphatic rings. The fraction of sp³-hybridized carbons (Fsp3) is 0.409. The summed E-state index contributed by atoms with van der Waals surface area (Å²) in [6.45, 7) is 1.73. The van der Waals surface area contributed by atoms with Crippen molar-refractivity contribution >= 4 is 17.5 Å². The molecule has 0 aliphatic heterocycles. The van der Waals surface area contributed by atoms with Gasteiger partial charge in [-0.1, -0.05) is 19.1 Å². The number of phenols is 1. The number of aromatic hydroxyl groups is 1. The van der Waals surface area contributed by atoms with Crippen LogP contribution in [0.2, 0.25) is 0 Å². The van der Waals surface area contributed by atoms with Crippen molar-refractivity contribution in [3.8, 4) is 5.75 Å². The number of hydrogen-bond donors (Lipinski definition) is 6. The van der Waals surface area contributed by atoms with E-state index in [1.165, 1.54) is 25.1 Å². The zero-order valence-corrected chi connectivity index (χ0v) is 17.7. The van der Waals surface area contributed by atoms with Gasteiger partial charge in [0.1, 0.15) is 17.1 Å². The summed E-state index contributed by atoms with van der Waals surface area (Å²) in [6.07, 6.45) is -1.51. The lowest BCUT2D eigenvalue weighted by atomic mass is 9.55. The second-order valence-electron chi connectivity index (χ2n) is 8.86. The summed E-state index contributed by atoms with van der Waals surface area (Å²) in [6, 6.07) is 3.29. The smallest absolute Gasteiger partial charge is 0.255 e. The molecule has 6 atom stereocenters. The minimum absolute atomic E-state index is 0.0157. The molecule has 0 spiro atoms. The third-order valence-electron chi connectivity index (χ3n) is 7.08. The molecule has 1 amide bonds. The fourth-order valence-electron chi connectivity index (χ4n) is 5.65. The molecular formula is C22H25N3O7. The van der Waals surface area contributed by atoms with Crippen LogP contribution in [0.1, 0.15) is 28.8 Å². The highest BCUT2D eigenvalue weighted by molar-refractivity contribution is 6.22. The van der Waals surface area contributed by atoms with Crippen molar-refractivity contribution < 1.29 is 34.8 Å². The number of hydrogen-bond acceptors (Lipinski definition) is 9. The first-order valence-electron chi connectivity index (χ1n) is 10.1. The van der Waals surface area contributed by atoms with Crippen LogP contribution in [0.5, 0.6) is 5.75 Å². The van der Waals surface area contributed by atoms with Gasteiger partial charge in [0, 0.05) is 11.5 Å². The van der Waals surface area contributed by atoms with E-state index >= 15 is 0 Å². The van der Waals surface area contributed by atoms with Gasteiger partial charge in [-0.2, -0.15) is 0 Å². The third kappa shape index (κ3) is 2.48. The summed E-state index contributed by atoms with van der Waals surface area (Å²) in [7, 11) is 3.02. The molecule has 1 aromatic rings. The van der Waals surface area contributed by atoms with E-state index in [1.807, 2.05) is 0 Å². The Morgan fingerprint density at radius 3 is 2.38 bits per heavy atom. The van der Waals surface area contributed by atoms with Crippen LogP contribution in [0.25, 0.3) is 0 Å². The quantitative estimate of drug-likeness (QED) is 0.313. The predicted octanol–water partition coefficient (Wildman–Crippen LogP) is -0.947. The average molecular weight is 443 g/mol. The number of benzene rings is 1. The molecule has 3 aliphatic carbocycles. The van der Waals surface area contributed by atoms with E-state index in [-0.39, 0.29) is 16.9 Å². The van der Waals surface area contributed by atoms with Gasteiger partial charge in [0.25, 0.3) is 5.91 Å². The van der Waals surface area contributed by atoms with Gasteiger partial charge in [-0.05, 0) is 31.6 Å². The molecule has 0 aromatic heterocycles. The van der Waals surface area contributed by atoms with Crippen molar-refractivity contribution in [3.05, 3.63) is 51.9 Å². The molecular weight excluding hydrogens is 418 g/mol. The van der Waals surface area contributed by atoms with Gasteiger partial charge in [-0.3, -0.25) is 19.3 Å². The highest BCUT2D eigenvalue weighted by Crippen LogP contribution is 2.55. The van der Waals surface area contributed by atoms with E-state index < -0.39 is 70.0 Å². The lowest BCUT2D eigenvalue weighted by molar-refractivity contribution is -0.145. The fourth-order valence-corrected chi connectivity index (χ4v) is 5.65. The van der Waals surface area contributed by atoms with Gasteiger partial charge >= 0.3 is 0 Å². The molecule has 0 heterocycles. The maximum Gasteiger partial charge on any atom is 0.255 e. The number of nitrogens with zero attached hydrogens (tertiary/aromatic N) is 1. The number of primary amides is 1. The summed E-state index contributed by atoms with van der Waals surface area (Å²) in [4.78, 5) is 39.9. The van der Waals surface area contributed by atoms with Crippen molar-refractivity contribution in [1.82, 2.24) is 4.90 Å². The van der Waals surface area contributed by atoms with E-state index in [9.17, 15) is 34.8 Å². The third-order valence-corrected chi connectivity index (χ3v) is 7.08. The second-order valence-corrected chi connectivity index (χ2v) is 8.86. The Kier molecular flexibility index (Phi) is 4.74. The summed E-state index contributed by atoms with van der Waals surface area (Å²) >= 11 is 0. The van der Waals surface area contributed by atoms with Gasteiger partial charge in [-0.25, -0.2) is 0 Å². The molecule has 4 rings (SSSR count). The van der Waals surface area contributed by atoms with Crippen LogP contribution in [0.15, 0.2) is 40.8 Å². The number of Topliss-reactive ketones (excluding diaryl/α,β-unsaturated/α-hetero) is 2. The highest BCUT2D eigenvalue weighted by Gasteiger charge is 2.65. The molecule has 170 valence electrons. The summed E-state index contributed by atoms with van der Waals surface area (Å²) in [5, 5.41) is 44.3. The topological polar surface area (TPSA) is 187 Å². The van der Waals surface area contributed by atoms with Crippen LogP contribution in [0.4, 0.5) is 0 Å². The SMILES string of the molecule is C[C@H]1c2cccc(O)c2C(=O)C2=C(N)[C@]3(O)C(O)=C(C(N)=O)C(=O)[C@@H](N(C)C)[C@@H]3[C@@H](O)[C@@H]21. The first-order valence-corrected chi connectivity index (χ1v) is 10.1. The maximum atomic E-state index is 13.4. The van der Waals surface area contributed by atoms with Crippen molar-refractivity contribution in [1.29, 1.82) is 0 Å². The Labute approximate surface area is 183 Å². The van der Waals surface area contributed by atoms with Gasteiger partial charge in [0.2, 0.25) is 0 Å². The van der Waals surface area contributed by atoms with E-state index in [1.54, 1.807) is 19.1 Å². The molecule has 32 heavy (non-hydrogen) atoms. The van der Waals surface area contributed by atoms with Gasteiger partial charge in [0.05, 0.1) is 29.3 Å². The number of fused-ring (bicyclic) bond motifs is 3. The Balaban J connectivity index is 2.09. The van der Waals surface area contributed by atoms with Crippen LogP contribution < -0.4 is 11.5 Å². The first-order chi connectivity index (χ1) is 14.9. The monoisotopic (exact) mass is 443 g/mol. The number of amides is 1. The first kappa shape index (κ1) is 22.0. The molecule has 0 saturated carbocycles. The molecule has 0 fully saturated rings. The summed E-state index contributed by atoms with van der Waals surface area (Å²) in [5.41, 5.74) is 7.98. The number of carbonyl (C=O) groups is 3. The van der Waals surface area contributed by atoms with Crippen molar-refractivity contribution in [3.63, 3.8) is 0 Å². The summed E-state index contributed by atoms with van der Waals surface area (Å²) in [5.74, 6) is -7.07. The lowest BCUT2D eigenvalue weighted by Crippen LogP contribution is -2.68. The molecule has 10 heteroatoms. The Hall–Kier alpha value is -3.21. The number of aliphatic hydroxyl groups excluding tert-OH is 2. The Bertz CT molecular complexity index is 1140. The van der Waals surface area contributed by atoms with Crippen molar-refractivity contribution in [2.45, 2.75) is 30.6 Å². The number of phenolic OH excluding ortho intramolecular Hbond substituents is 1. The van der Waals surface area contributed by atoms with E-state index in [2.05, 4.69) is 0 Å². The number of aliphatic hydroxyl groups is 3. The molecule has 0 saturated heterocycles. The van der Waals surface area contributed by atoms with Crippen LogP contribution in [-0.2, 0) is 9.59 Å². The molecule has 0 radical (unpaired) electrons. The Morgan fingerprint density at radius 1 is 1.19 bits per heavy atom. The van der Waals surface area contributed by atoms with Crippen LogP contribution >= 0.6 is 0 Å². The van der Waals surface area contributed by atoms with Crippen molar-refractivity contribution in [2.75, 3.05) is 14.1 Å². The van der Waals surface area contributed by atoms with Gasteiger partial charge in [0.15, 0.2) is 17.2 Å². The maximum absolute atomic E-state index is 13.4. The van der Waals surface area contributed by atoms with Crippen LogP contribution in [0.3, 0.4) is 0 Å². The van der Waals surface area contributed by atoms with Crippen LogP contribution in [-0.4, -0.2) is 74.6 Å². The lowest BCUT2D eigenvalue weighted by Gasteiger charge is -2.54. The minimum atomic E-state index is -2.60. The number of rotatable bonds is 2. The second kappa shape index (κ2) is 6.89. The standard InChI is InChI=1S/C22H25N3O7/c1-7-8-5-4-6-9(26)11(8)16(27)12-10(7)17(28)14-15(25(2)3)18(29)13(21(24)31)20(30)22(14,32)19(12)23/h4-7,10,14-15,17,26,28,30,32H,23H2,1-3H3,(H2,24,31)/t7-,10+,14+,15-,17-,22-/m0/s1. The summed E-state index contributed by atoms with van der Waals surface area (Å²) < 4.78 is 0. The zero-order chi connectivity index (χ0) is 23.9. The van der Waals surface area contributed by atoms with Gasteiger partial charge in [-0.15, -0.1) is 0 Å². The van der Waals surface area contributed by atoms with Crippen LogP contribution in [0, 0.1) is 11.8 Å². The minimum Gasteiger partial charge on any atom is -0.508 e. The number of likely N-dealkylation sites (N-methyl/N-ethyl adjacent to an activating group) is 1. The Morgan fingerprint density at radius 2 is 1.81 bits per heavy atom. The van der Waals surface area contributed by atoms with E-state index in [4.69, 9.17) is 11.5 Å². The predicted molar refractivity (Wildman–Crippen MR) is 111 cm³/mol. The van der Waals surface area contributed by atoms with Gasteiger partial charge < -0.3 is 31.9 Å². The molecule has 8 N–H and O–H groups in total. The average Bonchev–Trinajstić information content (AvgIpc) is 2.70. The number of ketones is 2. The molecule has 0 unspecified atom stereocenters. The molecule has 10 nitrogen and oxygen atoms in total. The number of carbonyl (C=O) groups excluding carboxylic acids is 3. The highest BCUT2D eigenvalue weighted by atomic mass is 16.3. The van der Waals surface area contributed by atoms with Crippen molar-refractivity contribution in [2.24, 2.45) is 23.3 Å². The molecule has 1 aromatic carbocycles. The van der Waals surface area contributed by atoms with E-state index in [0.717, 1.165) is 0 Å². The number of nitrogens with two attached hydrogens (primary N) is 2.